The molecule has 4 aromatic heterocycles. The van der Waals surface area contributed by atoms with Crippen LogP contribution in [0.1, 0.15) is 87.5 Å². The van der Waals surface area contributed by atoms with E-state index < -0.39 is 23.5 Å². The van der Waals surface area contributed by atoms with Gasteiger partial charge in [-0.2, -0.15) is 26.3 Å². The number of fused-ring (bicyclic) bond motifs is 2. The molecule has 0 saturated carbocycles. The van der Waals surface area contributed by atoms with Crippen LogP contribution in [0.4, 0.5) is 26.3 Å². The van der Waals surface area contributed by atoms with Gasteiger partial charge in [-0.05, 0) is 55.7 Å². The molecule has 0 saturated heterocycles. The number of aryl methyl sites for hydroxylation is 2. The van der Waals surface area contributed by atoms with Crippen LogP contribution in [0.2, 0.25) is 0 Å². The van der Waals surface area contributed by atoms with E-state index in [-0.39, 0.29) is 51.5 Å². The molecule has 1 aromatic carbocycles. The van der Waals surface area contributed by atoms with Gasteiger partial charge < -0.3 is 0 Å². The summed E-state index contributed by atoms with van der Waals surface area (Å²) in [4.78, 5) is 35.7. The first-order chi connectivity index (χ1) is 21.8. The van der Waals surface area contributed by atoms with Gasteiger partial charge in [0, 0.05) is 37.1 Å². The van der Waals surface area contributed by atoms with Crippen molar-refractivity contribution in [3.05, 3.63) is 110 Å². The molecular weight excluding hydrogens is 624 g/mol. The fourth-order valence-electron chi connectivity index (χ4n) is 5.07. The lowest BCUT2D eigenvalue weighted by Crippen LogP contribution is -2.40. The molecule has 0 aliphatic heterocycles. The van der Waals surface area contributed by atoms with E-state index >= 15 is 0 Å². The summed E-state index contributed by atoms with van der Waals surface area (Å²) in [6.07, 6.45) is -2.67. The summed E-state index contributed by atoms with van der Waals surface area (Å²) in [5, 5.41) is 1.26. The average Bonchev–Trinajstić information content (AvgIpc) is 2.98. The first-order valence-electron chi connectivity index (χ1n) is 14.8. The standard InChI is InChI=1S/C13H12F3N.C11H13N3O2.C10H12F3N/c1-8(2)12-11(13(14,15)16)10-6-4-3-5-9(10)7-17-12;1-7(2)14-10(15)8-4-5-12-6-9(8)13(3)11(14)16;1-6(2)9-8(10(11,12)13)7(3)4-5-14-9/h3-8H,1-2H3;4-7H,1-3H3;4-6H,1-3H3. The Hall–Kier alpha value is -4.55. The molecule has 0 aliphatic carbocycles. The topological polar surface area (TPSA) is 82.7 Å². The Morgan fingerprint density at radius 3 is 1.81 bits per heavy atom. The van der Waals surface area contributed by atoms with Gasteiger partial charge in [0.2, 0.25) is 0 Å². The molecule has 0 amide bonds. The number of benzene rings is 1. The van der Waals surface area contributed by atoms with Crippen molar-refractivity contribution in [3.63, 3.8) is 0 Å². The quantitative estimate of drug-likeness (QED) is 0.181. The Kier molecular flexibility index (Phi) is 11.4. The van der Waals surface area contributed by atoms with E-state index in [1.165, 1.54) is 46.8 Å². The van der Waals surface area contributed by atoms with Gasteiger partial charge in [-0.15, -0.1) is 0 Å². The van der Waals surface area contributed by atoms with Gasteiger partial charge in [-0.25, -0.2) is 4.79 Å². The van der Waals surface area contributed by atoms with E-state index in [0.717, 1.165) is 0 Å². The number of rotatable bonds is 3. The van der Waals surface area contributed by atoms with Crippen LogP contribution in [0.3, 0.4) is 0 Å². The molecule has 0 atom stereocenters. The van der Waals surface area contributed by atoms with Crippen molar-refractivity contribution in [2.75, 3.05) is 0 Å². The number of hydrogen-bond donors (Lipinski definition) is 0. The van der Waals surface area contributed by atoms with Crippen molar-refractivity contribution in [2.24, 2.45) is 7.05 Å². The van der Waals surface area contributed by atoms with Crippen molar-refractivity contribution < 1.29 is 26.3 Å². The minimum absolute atomic E-state index is 0.108. The number of nitrogens with zero attached hydrogens (tertiary/aromatic N) is 5. The van der Waals surface area contributed by atoms with E-state index in [1.54, 1.807) is 65.2 Å². The molecule has 0 radical (unpaired) electrons. The summed E-state index contributed by atoms with van der Waals surface area (Å²) in [6, 6.07) is 9.32. The van der Waals surface area contributed by atoms with Crippen LogP contribution in [-0.4, -0.2) is 24.1 Å². The van der Waals surface area contributed by atoms with E-state index in [2.05, 4.69) is 15.0 Å². The highest BCUT2D eigenvalue weighted by Crippen LogP contribution is 2.39. The summed E-state index contributed by atoms with van der Waals surface area (Å²) in [5.74, 6) is -0.470. The molecule has 5 aromatic rings. The number of aromatic nitrogens is 5. The van der Waals surface area contributed by atoms with Crippen molar-refractivity contribution >= 4 is 21.7 Å². The smallest absolute Gasteiger partial charge is 0.295 e. The number of halogens is 6. The van der Waals surface area contributed by atoms with Crippen LogP contribution in [0.5, 0.6) is 0 Å². The summed E-state index contributed by atoms with van der Waals surface area (Å²) >= 11 is 0. The lowest BCUT2D eigenvalue weighted by Gasteiger charge is -2.16. The Labute approximate surface area is 267 Å². The largest absolute Gasteiger partial charge is 0.418 e. The molecule has 0 fully saturated rings. The van der Waals surface area contributed by atoms with Crippen LogP contribution in [0, 0.1) is 6.92 Å². The summed E-state index contributed by atoms with van der Waals surface area (Å²) < 4.78 is 79.9. The number of pyridine rings is 3. The molecule has 7 nitrogen and oxygen atoms in total. The average molecular weight is 662 g/mol. The summed E-state index contributed by atoms with van der Waals surface area (Å²) in [5.41, 5.74) is -0.726. The minimum Gasteiger partial charge on any atom is -0.295 e. The normalized spacial score (nSPS) is 11.9. The van der Waals surface area contributed by atoms with E-state index in [1.807, 2.05) is 13.8 Å². The van der Waals surface area contributed by atoms with Crippen molar-refractivity contribution in [3.8, 4) is 0 Å². The first-order valence-corrected chi connectivity index (χ1v) is 14.8. The van der Waals surface area contributed by atoms with E-state index in [4.69, 9.17) is 0 Å². The number of alkyl halides is 6. The highest BCUT2D eigenvalue weighted by Gasteiger charge is 2.37. The molecule has 0 spiro atoms. The fraction of sp³-hybridized carbons (Fsp3) is 0.382. The Balaban J connectivity index is 0.000000193. The highest BCUT2D eigenvalue weighted by molar-refractivity contribution is 5.86. The molecule has 5 rings (SSSR count). The third-order valence-electron chi connectivity index (χ3n) is 7.30. The zero-order valence-corrected chi connectivity index (χ0v) is 27.3. The predicted octanol–water partition coefficient (Wildman–Crippen LogP) is 8.59. The van der Waals surface area contributed by atoms with Gasteiger partial charge in [0.1, 0.15) is 0 Å². The maximum Gasteiger partial charge on any atom is 0.418 e. The molecule has 0 N–H and O–H groups in total. The zero-order chi connectivity index (χ0) is 35.4. The second-order valence-electron chi connectivity index (χ2n) is 11.8. The fourth-order valence-corrected chi connectivity index (χ4v) is 5.07. The second kappa shape index (κ2) is 14.5. The summed E-state index contributed by atoms with van der Waals surface area (Å²) in [6.45, 7) is 11.9. The molecule has 13 heteroatoms. The van der Waals surface area contributed by atoms with Crippen LogP contribution >= 0.6 is 0 Å². The van der Waals surface area contributed by atoms with Gasteiger partial charge >= 0.3 is 18.0 Å². The molecule has 47 heavy (non-hydrogen) atoms. The molecule has 0 unspecified atom stereocenters. The van der Waals surface area contributed by atoms with Gasteiger partial charge in [0.15, 0.2) is 0 Å². The van der Waals surface area contributed by atoms with Crippen molar-refractivity contribution in [2.45, 2.75) is 78.7 Å². The molecule has 252 valence electrons. The zero-order valence-electron chi connectivity index (χ0n) is 27.3. The number of hydrogen-bond acceptors (Lipinski definition) is 5. The Morgan fingerprint density at radius 1 is 0.702 bits per heavy atom. The SMILES string of the molecule is CC(C)c1ncc2ccccc2c1C(F)(F)F.CC(C)n1c(=O)c2ccncc2n(C)c1=O.Cc1ccnc(C(C)C)c1C(F)(F)F. The van der Waals surface area contributed by atoms with Gasteiger partial charge in [-0.3, -0.25) is 28.9 Å². The predicted molar refractivity (Wildman–Crippen MR) is 171 cm³/mol. The first kappa shape index (κ1) is 36.9. The van der Waals surface area contributed by atoms with Crippen LogP contribution in [0.25, 0.3) is 21.7 Å². The molecular formula is C34H37F6N5O2. The van der Waals surface area contributed by atoms with E-state index in [0.29, 0.717) is 16.3 Å². The lowest BCUT2D eigenvalue weighted by molar-refractivity contribution is -0.139. The Bertz CT molecular complexity index is 1980. The Morgan fingerprint density at radius 2 is 1.28 bits per heavy atom. The van der Waals surface area contributed by atoms with Crippen LogP contribution in [-0.2, 0) is 19.4 Å². The van der Waals surface area contributed by atoms with Crippen LogP contribution < -0.4 is 11.2 Å². The van der Waals surface area contributed by atoms with Gasteiger partial charge in [0.25, 0.3) is 5.56 Å². The van der Waals surface area contributed by atoms with Gasteiger partial charge in [0.05, 0.1) is 39.6 Å². The third-order valence-corrected chi connectivity index (χ3v) is 7.30. The third kappa shape index (κ3) is 8.25. The summed E-state index contributed by atoms with van der Waals surface area (Å²) in [7, 11) is 1.64. The monoisotopic (exact) mass is 661 g/mol. The molecule has 4 heterocycles. The van der Waals surface area contributed by atoms with E-state index in [9.17, 15) is 35.9 Å². The minimum atomic E-state index is -4.37. The maximum atomic E-state index is 13.1. The van der Waals surface area contributed by atoms with Crippen molar-refractivity contribution in [1.29, 1.82) is 0 Å². The lowest BCUT2D eigenvalue weighted by atomic mass is 9.98. The second-order valence-corrected chi connectivity index (χ2v) is 11.8. The van der Waals surface area contributed by atoms with Crippen molar-refractivity contribution in [1.82, 2.24) is 24.1 Å². The highest BCUT2D eigenvalue weighted by atomic mass is 19.4. The molecule has 0 bridgehead atoms. The van der Waals surface area contributed by atoms with Gasteiger partial charge in [-0.1, -0.05) is 52.0 Å². The van der Waals surface area contributed by atoms with Crippen LogP contribution in [0.15, 0.2) is 70.8 Å². The maximum absolute atomic E-state index is 13.1. The molecule has 0 aliphatic rings.